The van der Waals surface area contributed by atoms with Crippen molar-refractivity contribution in [3.63, 3.8) is 0 Å². The van der Waals surface area contributed by atoms with E-state index in [2.05, 4.69) is 5.32 Å². The van der Waals surface area contributed by atoms with Crippen LogP contribution in [-0.2, 0) is 32.1 Å². The number of benzene rings is 2. The fraction of sp³-hybridized carbons (Fsp3) is 0.227. The first-order valence-electron chi connectivity index (χ1n) is 9.21. The maximum atomic E-state index is 12.5. The molecule has 6 heteroatoms. The third-order valence-electron chi connectivity index (χ3n) is 4.98. The maximum absolute atomic E-state index is 12.5. The minimum atomic E-state index is -0.591. The highest BCUT2D eigenvalue weighted by atomic mass is 16.5. The monoisotopic (exact) mass is 376 g/mol. The summed E-state index contributed by atoms with van der Waals surface area (Å²) >= 11 is 0. The SMILES string of the molecule is O=C(Cc1ccccc1)N[C@@H]1C(=O)N2C(C(=O)OCc3ccccc3)=CC[C@H]12. The zero-order valence-electron chi connectivity index (χ0n) is 15.2. The van der Waals surface area contributed by atoms with Crippen molar-refractivity contribution in [2.45, 2.75) is 31.5 Å². The van der Waals surface area contributed by atoms with E-state index in [1.54, 1.807) is 6.08 Å². The van der Waals surface area contributed by atoms with Crippen LogP contribution in [0.4, 0.5) is 0 Å². The minimum absolute atomic E-state index is 0.154. The number of esters is 1. The average molecular weight is 376 g/mol. The van der Waals surface area contributed by atoms with Gasteiger partial charge in [-0.2, -0.15) is 0 Å². The van der Waals surface area contributed by atoms with Crippen LogP contribution in [0.5, 0.6) is 0 Å². The fourth-order valence-electron chi connectivity index (χ4n) is 3.56. The molecule has 2 aliphatic rings. The van der Waals surface area contributed by atoms with Crippen molar-refractivity contribution in [2.75, 3.05) is 0 Å². The van der Waals surface area contributed by atoms with E-state index < -0.39 is 12.0 Å². The summed E-state index contributed by atoms with van der Waals surface area (Å²) in [6.07, 6.45) is 2.45. The average Bonchev–Trinajstić information content (AvgIpc) is 3.12. The smallest absolute Gasteiger partial charge is 0.355 e. The summed E-state index contributed by atoms with van der Waals surface area (Å²) in [7, 11) is 0. The molecule has 1 saturated heterocycles. The van der Waals surface area contributed by atoms with Crippen molar-refractivity contribution in [1.82, 2.24) is 10.2 Å². The number of carbonyl (C=O) groups is 3. The number of hydrogen-bond acceptors (Lipinski definition) is 4. The molecular formula is C22H20N2O4. The molecule has 142 valence electrons. The van der Waals surface area contributed by atoms with E-state index in [1.807, 2.05) is 60.7 Å². The van der Waals surface area contributed by atoms with Gasteiger partial charge in [-0.05, 0) is 17.5 Å². The first kappa shape index (κ1) is 18.0. The normalized spacial score (nSPS) is 20.1. The summed E-state index contributed by atoms with van der Waals surface area (Å²) < 4.78 is 5.32. The number of ether oxygens (including phenoxy) is 1. The van der Waals surface area contributed by atoms with Crippen molar-refractivity contribution in [3.8, 4) is 0 Å². The molecule has 1 N–H and O–H groups in total. The summed E-state index contributed by atoms with van der Waals surface area (Å²) in [5.41, 5.74) is 2.03. The van der Waals surface area contributed by atoms with Crippen molar-refractivity contribution < 1.29 is 19.1 Å². The number of nitrogens with zero attached hydrogens (tertiary/aromatic N) is 1. The van der Waals surface area contributed by atoms with Crippen LogP contribution in [0.15, 0.2) is 72.4 Å². The summed E-state index contributed by atoms with van der Waals surface area (Å²) in [5.74, 6) is -0.995. The molecule has 2 atom stereocenters. The number of nitrogens with one attached hydrogen (secondary N) is 1. The lowest BCUT2D eigenvalue weighted by atomic mass is 9.95. The zero-order chi connectivity index (χ0) is 19.5. The van der Waals surface area contributed by atoms with Gasteiger partial charge >= 0.3 is 5.97 Å². The number of amides is 2. The van der Waals surface area contributed by atoms with Crippen LogP contribution in [-0.4, -0.2) is 34.8 Å². The molecule has 2 aromatic rings. The molecule has 0 aromatic heterocycles. The number of carbonyl (C=O) groups excluding carboxylic acids is 3. The molecule has 6 nitrogen and oxygen atoms in total. The first-order valence-corrected chi connectivity index (χ1v) is 9.21. The Kier molecular flexibility index (Phi) is 4.93. The standard InChI is InChI=1S/C22H20N2O4/c25-19(13-15-7-3-1-4-8-15)23-20-17-11-12-18(24(17)21(20)26)22(27)28-14-16-9-5-2-6-10-16/h1-10,12,17,20H,11,13-14H2,(H,23,25)/t17-,20+/m1/s1. The highest BCUT2D eigenvalue weighted by Crippen LogP contribution is 2.34. The molecule has 2 heterocycles. The van der Waals surface area contributed by atoms with Crippen LogP contribution in [0.2, 0.25) is 0 Å². The molecule has 0 aliphatic carbocycles. The lowest BCUT2D eigenvalue weighted by Gasteiger charge is -2.43. The predicted octanol–water partition coefficient (Wildman–Crippen LogP) is 1.96. The largest absolute Gasteiger partial charge is 0.456 e. The number of hydrogen-bond donors (Lipinski definition) is 1. The molecule has 2 amide bonds. The third kappa shape index (κ3) is 3.53. The minimum Gasteiger partial charge on any atom is -0.456 e. The van der Waals surface area contributed by atoms with Gasteiger partial charge in [-0.15, -0.1) is 0 Å². The second-order valence-electron chi connectivity index (χ2n) is 6.87. The van der Waals surface area contributed by atoms with Gasteiger partial charge in [0.05, 0.1) is 12.5 Å². The Morgan fingerprint density at radius 2 is 1.64 bits per heavy atom. The number of fused-ring (bicyclic) bond motifs is 1. The summed E-state index contributed by atoms with van der Waals surface area (Å²) in [6, 6.07) is 17.9. The maximum Gasteiger partial charge on any atom is 0.355 e. The van der Waals surface area contributed by atoms with E-state index in [1.165, 1.54) is 4.90 Å². The van der Waals surface area contributed by atoms with Crippen LogP contribution in [0.1, 0.15) is 17.5 Å². The molecule has 28 heavy (non-hydrogen) atoms. The zero-order valence-corrected chi connectivity index (χ0v) is 15.2. The van der Waals surface area contributed by atoms with Gasteiger partial charge in [0, 0.05) is 0 Å². The molecule has 0 saturated carbocycles. The summed E-state index contributed by atoms with van der Waals surface area (Å²) in [4.78, 5) is 38.5. The van der Waals surface area contributed by atoms with E-state index in [4.69, 9.17) is 4.74 Å². The van der Waals surface area contributed by atoms with E-state index in [0.29, 0.717) is 6.42 Å². The molecule has 0 spiro atoms. The molecule has 4 rings (SSSR count). The quantitative estimate of drug-likeness (QED) is 0.618. The van der Waals surface area contributed by atoms with Crippen LogP contribution in [0.3, 0.4) is 0 Å². The van der Waals surface area contributed by atoms with Gasteiger partial charge in [0.15, 0.2) is 0 Å². The second-order valence-corrected chi connectivity index (χ2v) is 6.87. The van der Waals surface area contributed by atoms with Crippen molar-refractivity contribution in [2.24, 2.45) is 0 Å². The van der Waals surface area contributed by atoms with Crippen LogP contribution in [0.25, 0.3) is 0 Å². The van der Waals surface area contributed by atoms with Gasteiger partial charge in [0.1, 0.15) is 18.3 Å². The van der Waals surface area contributed by atoms with Gasteiger partial charge in [-0.3, -0.25) is 14.5 Å². The Morgan fingerprint density at radius 1 is 1.00 bits per heavy atom. The molecule has 0 unspecified atom stereocenters. The number of rotatable bonds is 6. The van der Waals surface area contributed by atoms with Crippen LogP contribution >= 0.6 is 0 Å². The molecule has 1 fully saturated rings. The van der Waals surface area contributed by atoms with Crippen LogP contribution in [0, 0.1) is 0 Å². The second kappa shape index (κ2) is 7.68. The Balaban J connectivity index is 1.31. The fourth-order valence-corrected chi connectivity index (χ4v) is 3.56. The Labute approximate surface area is 162 Å². The molecule has 2 aliphatic heterocycles. The topological polar surface area (TPSA) is 75.7 Å². The molecule has 2 aromatic carbocycles. The van der Waals surface area contributed by atoms with Gasteiger partial charge in [0.2, 0.25) is 5.91 Å². The Morgan fingerprint density at radius 3 is 2.32 bits per heavy atom. The van der Waals surface area contributed by atoms with Crippen molar-refractivity contribution in [3.05, 3.63) is 83.6 Å². The van der Waals surface area contributed by atoms with E-state index in [9.17, 15) is 14.4 Å². The third-order valence-corrected chi connectivity index (χ3v) is 4.98. The van der Waals surface area contributed by atoms with Gasteiger partial charge in [-0.1, -0.05) is 66.7 Å². The van der Waals surface area contributed by atoms with Gasteiger partial charge in [-0.25, -0.2) is 4.79 Å². The lowest BCUT2D eigenvalue weighted by Crippen LogP contribution is -2.68. The van der Waals surface area contributed by atoms with Gasteiger partial charge in [0.25, 0.3) is 5.91 Å². The highest BCUT2D eigenvalue weighted by molar-refractivity contribution is 6.02. The van der Waals surface area contributed by atoms with E-state index in [0.717, 1.165) is 11.1 Å². The summed E-state index contributed by atoms with van der Waals surface area (Å²) in [6.45, 7) is 0.154. The summed E-state index contributed by atoms with van der Waals surface area (Å²) in [5, 5.41) is 2.79. The van der Waals surface area contributed by atoms with E-state index >= 15 is 0 Å². The predicted molar refractivity (Wildman–Crippen MR) is 102 cm³/mol. The molecule has 0 radical (unpaired) electrons. The van der Waals surface area contributed by atoms with Crippen molar-refractivity contribution >= 4 is 17.8 Å². The molecule has 0 bridgehead atoms. The van der Waals surface area contributed by atoms with E-state index in [-0.39, 0.29) is 36.6 Å². The highest BCUT2D eigenvalue weighted by Gasteiger charge is 2.53. The Bertz CT molecular complexity index is 924. The Hall–Kier alpha value is -3.41. The number of β-lactam (4-membered cyclic amide) rings is 1. The molecular weight excluding hydrogens is 356 g/mol. The first-order chi connectivity index (χ1) is 13.6. The van der Waals surface area contributed by atoms with Gasteiger partial charge < -0.3 is 10.1 Å². The van der Waals surface area contributed by atoms with Crippen molar-refractivity contribution in [1.29, 1.82) is 0 Å². The van der Waals surface area contributed by atoms with Crippen LogP contribution < -0.4 is 5.32 Å². The lowest BCUT2D eigenvalue weighted by molar-refractivity contribution is -0.155.